The zero-order valence-electron chi connectivity index (χ0n) is 13.2. The van der Waals surface area contributed by atoms with E-state index in [1.165, 1.54) is 42.1 Å². The van der Waals surface area contributed by atoms with Crippen LogP contribution in [0.1, 0.15) is 11.1 Å². The lowest BCUT2D eigenvalue weighted by molar-refractivity contribution is -0.137. The van der Waals surface area contributed by atoms with Gasteiger partial charge >= 0.3 is 12.8 Å². The predicted molar refractivity (Wildman–Crippen MR) is 89.3 cm³/mol. The fourth-order valence-electron chi connectivity index (χ4n) is 2.01. The van der Waals surface area contributed by atoms with Crippen LogP contribution in [0, 0.1) is 0 Å². The lowest BCUT2D eigenvalue weighted by Gasteiger charge is -2.11. The van der Waals surface area contributed by atoms with Gasteiger partial charge in [0.2, 0.25) is 5.91 Å². The fraction of sp³-hybridized carbons (Fsp3) is 0.235. The van der Waals surface area contributed by atoms with Crippen molar-refractivity contribution in [3.63, 3.8) is 0 Å². The Hall–Kier alpha value is -2.29. The van der Waals surface area contributed by atoms with Gasteiger partial charge in [-0.1, -0.05) is 24.3 Å². The fourth-order valence-corrected chi connectivity index (χ4v) is 2.79. The molecule has 0 aromatic heterocycles. The van der Waals surface area contributed by atoms with Crippen LogP contribution in [-0.4, -0.2) is 18.3 Å². The summed E-state index contributed by atoms with van der Waals surface area (Å²) in [7, 11) is 0. The summed E-state index contributed by atoms with van der Waals surface area (Å²) in [5, 5.41) is 2.46. The number of carbonyl (C=O) groups excluding carboxylic acids is 1. The zero-order valence-corrected chi connectivity index (χ0v) is 14.0. The molecule has 1 N–H and O–H groups in total. The molecule has 140 valence electrons. The maximum Gasteiger partial charge on any atom is 0.416 e. The Balaban J connectivity index is 1.84. The van der Waals surface area contributed by atoms with E-state index in [-0.39, 0.29) is 17.2 Å². The smallest absolute Gasteiger partial charge is 0.416 e. The van der Waals surface area contributed by atoms with E-state index in [4.69, 9.17) is 0 Å². The van der Waals surface area contributed by atoms with Gasteiger partial charge in [0.25, 0.3) is 0 Å². The number of hydrogen-bond acceptors (Lipinski definition) is 3. The summed E-state index contributed by atoms with van der Waals surface area (Å²) in [6, 6.07) is 10.4. The lowest BCUT2D eigenvalue weighted by Crippen LogP contribution is -2.15. The van der Waals surface area contributed by atoms with E-state index < -0.39 is 24.3 Å². The van der Waals surface area contributed by atoms with Gasteiger partial charge in [-0.2, -0.15) is 22.0 Å². The van der Waals surface area contributed by atoms with E-state index in [9.17, 15) is 26.7 Å². The molecule has 0 bridgehead atoms. The topological polar surface area (TPSA) is 38.3 Å². The number of ether oxygens (including phenoxy) is 1. The highest BCUT2D eigenvalue weighted by Gasteiger charge is 2.29. The Morgan fingerprint density at radius 1 is 1.08 bits per heavy atom. The Morgan fingerprint density at radius 2 is 1.73 bits per heavy atom. The largest absolute Gasteiger partial charge is 0.433 e. The second kappa shape index (κ2) is 8.88. The zero-order chi connectivity index (χ0) is 19.2. The highest BCUT2D eigenvalue weighted by atomic mass is 32.2. The minimum Gasteiger partial charge on any atom is -0.433 e. The summed E-state index contributed by atoms with van der Waals surface area (Å²) in [6.45, 7) is -3.01. The normalized spacial score (nSPS) is 11.5. The Morgan fingerprint density at radius 3 is 2.35 bits per heavy atom. The van der Waals surface area contributed by atoms with Crippen LogP contribution in [0.3, 0.4) is 0 Å². The van der Waals surface area contributed by atoms with Gasteiger partial charge in [-0.3, -0.25) is 4.79 Å². The van der Waals surface area contributed by atoms with E-state index in [1.807, 2.05) is 0 Å². The van der Waals surface area contributed by atoms with Crippen LogP contribution in [0.2, 0.25) is 0 Å². The van der Waals surface area contributed by atoms with E-state index in [2.05, 4.69) is 10.1 Å². The van der Waals surface area contributed by atoms with Gasteiger partial charge in [-0.25, -0.2) is 0 Å². The van der Waals surface area contributed by atoms with Gasteiger partial charge in [0.15, 0.2) is 0 Å². The van der Waals surface area contributed by atoms with Gasteiger partial charge in [0, 0.05) is 5.75 Å². The van der Waals surface area contributed by atoms with Gasteiger partial charge < -0.3 is 10.1 Å². The first-order valence-corrected chi connectivity index (χ1v) is 8.49. The van der Waals surface area contributed by atoms with Crippen molar-refractivity contribution in [2.24, 2.45) is 0 Å². The van der Waals surface area contributed by atoms with E-state index in [0.717, 1.165) is 12.1 Å². The van der Waals surface area contributed by atoms with Crippen molar-refractivity contribution in [1.29, 1.82) is 0 Å². The SMILES string of the molecule is O=C(CSCc1ccc(C(F)(F)F)cc1)Nc1ccccc1OC(F)F. The molecule has 0 aliphatic rings. The molecule has 1 amide bonds. The first kappa shape index (κ1) is 20.0. The summed E-state index contributed by atoms with van der Waals surface area (Å²) in [5.41, 5.74) is 0.0183. The minimum absolute atomic E-state index is 0.00400. The molecule has 0 spiro atoms. The predicted octanol–water partition coefficient (Wildman–Crippen LogP) is 5.18. The number of amides is 1. The number of para-hydroxylation sites is 2. The molecule has 0 atom stereocenters. The molecule has 2 rings (SSSR count). The second-order valence-corrected chi connectivity index (χ2v) is 6.10. The molecule has 2 aromatic carbocycles. The van der Waals surface area contributed by atoms with Crippen molar-refractivity contribution < 1.29 is 31.5 Å². The molecule has 0 fully saturated rings. The number of halogens is 5. The molecular formula is C17H14F5NO2S. The van der Waals surface area contributed by atoms with Crippen molar-refractivity contribution >= 4 is 23.4 Å². The lowest BCUT2D eigenvalue weighted by atomic mass is 10.1. The summed E-state index contributed by atoms with van der Waals surface area (Å²) in [4.78, 5) is 11.9. The number of alkyl halides is 5. The molecule has 0 heterocycles. The molecule has 0 saturated carbocycles. The third-order valence-electron chi connectivity index (χ3n) is 3.16. The van der Waals surface area contributed by atoms with Crippen molar-refractivity contribution in [3.05, 3.63) is 59.7 Å². The third-order valence-corrected chi connectivity index (χ3v) is 4.16. The van der Waals surface area contributed by atoms with Crippen LogP contribution in [0.5, 0.6) is 5.75 Å². The summed E-state index contributed by atoms with van der Waals surface area (Å²) < 4.78 is 66.4. The van der Waals surface area contributed by atoms with Crippen LogP contribution >= 0.6 is 11.8 Å². The van der Waals surface area contributed by atoms with Crippen molar-refractivity contribution in [2.45, 2.75) is 18.5 Å². The standard InChI is InChI=1S/C17H14F5NO2S/c18-16(19)25-14-4-2-1-3-13(14)23-15(24)10-26-9-11-5-7-12(8-6-11)17(20,21)22/h1-8,16H,9-10H2,(H,23,24). The molecule has 0 unspecified atom stereocenters. The molecular weight excluding hydrogens is 377 g/mol. The maximum absolute atomic E-state index is 12.5. The van der Waals surface area contributed by atoms with Gasteiger partial charge in [-0.05, 0) is 29.8 Å². The summed E-state index contributed by atoms with van der Waals surface area (Å²) in [6.07, 6.45) is -4.39. The molecule has 9 heteroatoms. The van der Waals surface area contributed by atoms with Gasteiger partial charge in [0.05, 0.1) is 17.0 Å². The molecule has 26 heavy (non-hydrogen) atoms. The van der Waals surface area contributed by atoms with Gasteiger partial charge in [-0.15, -0.1) is 11.8 Å². The first-order chi connectivity index (χ1) is 12.3. The molecule has 0 aliphatic carbocycles. The summed E-state index contributed by atoms with van der Waals surface area (Å²) in [5.74, 6) is -0.249. The van der Waals surface area contributed by atoms with Crippen LogP contribution in [0.15, 0.2) is 48.5 Å². The number of anilines is 1. The molecule has 0 radical (unpaired) electrons. The average Bonchev–Trinajstić information content (AvgIpc) is 2.56. The average molecular weight is 391 g/mol. The Bertz CT molecular complexity index is 735. The molecule has 0 saturated heterocycles. The Labute approximate surface area is 150 Å². The molecule has 0 aliphatic heterocycles. The van der Waals surface area contributed by atoms with E-state index in [1.54, 1.807) is 6.07 Å². The first-order valence-electron chi connectivity index (χ1n) is 7.33. The summed E-state index contributed by atoms with van der Waals surface area (Å²) >= 11 is 1.18. The second-order valence-electron chi connectivity index (χ2n) is 5.11. The Kier molecular flexibility index (Phi) is 6.84. The third kappa shape index (κ3) is 6.21. The monoisotopic (exact) mass is 391 g/mol. The number of nitrogens with one attached hydrogen (secondary N) is 1. The quantitative estimate of drug-likeness (QED) is 0.661. The van der Waals surface area contributed by atoms with Crippen LogP contribution in [0.4, 0.5) is 27.6 Å². The molecule has 3 nitrogen and oxygen atoms in total. The number of rotatable bonds is 7. The van der Waals surface area contributed by atoms with Crippen molar-refractivity contribution in [3.8, 4) is 5.75 Å². The van der Waals surface area contributed by atoms with Crippen LogP contribution in [-0.2, 0) is 16.7 Å². The highest BCUT2D eigenvalue weighted by Crippen LogP contribution is 2.30. The van der Waals surface area contributed by atoms with Crippen molar-refractivity contribution in [1.82, 2.24) is 0 Å². The highest BCUT2D eigenvalue weighted by molar-refractivity contribution is 7.99. The number of hydrogen-bond donors (Lipinski definition) is 1. The number of thioether (sulfide) groups is 1. The maximum atomic E-state index is 12.5. The van der Waals surface area contributed by atoms with Crippen LogP contribution in [0.25, 0.3) is 0 Å². The van der Waals surface area contributed by atoms with Crippen molar-refractivity contribution in [2.75, 3.05) is 11.1 Å². The van der Waals surface area contributed by atoms with Crippen LogP contribution < -0.4 is 10.1 Å². The number of carbonyl (C=O) groups is 1. The molecule has 2 aromatic rings. The minimum atomic E-state index is -4.39. The van der Waals surface area contributed by atoms with E-state index >= 15 is 0 Å². The van der Waals surface area contributed by atoms with E-state index in [0.29, 0.717) is 11.3 Å². The number of benzene rings is 2. The van der Waals surface area contributed by atoms with Gasteiger partial charge in [0.1, 0.15) is 5.75 Å².